The molecule has 3 rings (SSSR count). The lowest BCUT2D eigenvalue weighted by Crippen LogP contribution is -2.05. The quantitative estimate of drug-likeness (QED) is 0.666. The molecule has 0 N–H and O–H groups in total. The highest BCUT2D eigenvalue weighted by molar-refractivity contribution is 9.10. The van der Waals surface area contributed by atoms with Crippen LogP contribution in [-0.2, 0) is 0 Å². The van der Waals surface area contributed by atoms with Gasteiger partial charge in [0.05, 0.1) is 21.3 Å². The largest absolute Gasteiger partial charge is 0.493 e. The van der Waals surface area contributed by atoms with Crippen LogP contribution in [0.4, 0.5) is 0 Å². The highest BCUT2D eigenvalue weighted by Crippen LogP contribution is 2.43. The van der Waals surface area contributed by atoms with E-state index in [0.29, 0.717) is 34.0 Å². The SMILES string of the molecule is COc1cc2oc(-c3ccccc3Br)cc(=O)c2c(OC)c1OC. The molecule has 0 unspecified atom stereocenters. The Morgan fingerprint density at radius 2 is 1.67 bits per heavy atom. The first-order chi connectivity index (χ1) is 11.6. The molecular formula is C18H15BrO5. The second-order valence-corrected chi connectivity index (χ2v) is 5.83. The lowest BCUT2D eigenvalue weighted by atomic mass is 10.1. The molecule has 124 valence electrons. The first-order valence-corrected chi connectivity index (χ1v) is 7.91. The molecule has 0 bridgehead atoms. The Kier molecular flexibility index (Phi) is 4.49. The van der Waals surface area contributed by atoms with Gasteiger partial charge < -0.3 is 18.6 Å². The molecule has 2 aromatic carbocycles. The van der Waals surface area contributed by atoms with E-state index in [0.717, 1.165) is 10.0 Å². The van der Waals surface area contributed by atoms with E-state index in [2.05, 4.69) is 15.9 Å². The van der Waals surface area contributed by atoms with Crippen LogP contribution < -0.4 is 19.6 Å². The van der Waals surface area contributed by atoms with Gasteiger partial charge in [-0.05, 0) is 6.07 Å². The summed E-state index contributed by atoms with van der Waals surface area (Å²) in [7, 11) is 4.47. The van der Waals surface area contributed by atoms with Gasteiger partial charge in [0.1, 0.15) is 16.7 Å². The van der Waals surface area contributed by atoms with Crippen molar-refractivity contribution < 1.29 is 18.6 Å². The summed E-state index contributed by atoms with van der Waals surface area (Å²) >= 11 is 3.47. The molecule has 1 aromatic heterocycles. The first-order valence-electron chi connectivity index (χ1n) is 7.12. The normalized spacial score (nSPS) is 10.7. The van der Waals surface area contributed by atoms with Gasteiger partial charge in [0.2, 0.25) is 5.75 Å². The maximum Gasteiger partial charge on any atom is 0.204 e. The molecule has 1 heterocycles. The Labute approximate surface area is 146 Å². The van der Waals surface area contributed by atoms with Crippen LogP contribution in [0.1, 0.15) is 0 Å². The van der Waals surface area contributed by atoms with Crippen molar-refractivity contribution in [2.24, 2.45) is 0 Å². The Hall–Kier alpha value is -2.47. The molecule has 0 amide bonds. The molecule has 0 saturated heterocycles. The average molecular weight is 391 g/mol. The molecule has 0 aliphatic heterocycles. The Morgan fingerprint density at radius 3 is 2.29 bits per heavy atom. The van der Waals surface area contributed by atoms with E-state index >= 15 is 0 Å². The monoisotopic (exact) mass is 390 g/mol. The van der Waals surface area contributed by atoms with Crippen LogP contribution in [0.5, 0.6) is 17.2 Å². The summed E-state index contributed by atoms with van der Waals surface area (Å²) in [5.74, 6) is 1.52. The molecule has 0 aliphatic rings. The van der Waals surface area contributed by atoms with E-state index in [1.54, 1.807) is 6.07 Å². The van der Waals surface area contributed by atoms with Crippen molar-refractivity contribution >= 4 is 26.9 Å². The van der Waals surface area contributed by atoms with Crippen LogP contribution in [0, 0.1) is 0 Å². The number of benzene rings is 2. The Balaban J connectivity index is 2.37. The van der Waals surface area contributed by atoms with Gasteiger partial charge in [-0.1, -0.05) is 34.1 Å². The third kappa shape index (κ3) is 2.63. The summed E-state index contributed by atoms with van der Waals surface area (Å²) in [6.45, 7) is 0. The van der Waals surface area contributed by atoms with Crippen LogP contribution >= 0.6 is 15.9 Å². The van der Waals surface area contributed by atoms with E-state index in [1.165, 1.54) is 27.4 Å². The topological polar surface area (TPSA) is 57.9 Å². The highest BCUT2D eigenvalue weighted by Gasteiger charge is 2.21. The second kappa shape index (κ2) is 6.57. The predicted molar refractivity (Wildman–Crippen MR) is 95.3 cm³/mol. The van der Waals surface area contributed by atoms with Crippen LogP contribution in [0.3, 0.4) is 0 Å². The van der Waals surface area contributed by atoms with Gasteiger partial charge >= 0.3 is 0 Å². The number of methoxy groups -OCH3 is 3. The molecule has 0 saturated carbocycles. The number of hydrogen-bond acceptors (Lipinski definition) is 5. The molecule has 0 atom stereocenters. The fraction of sp³-hybridized carbons (Fsp3) is 0.167. The molecule has 6 heteroatoms. The van der Waals surface area contributed by atoms with E-state index < -0.39 is 0 Å². The maximum atomic E-state index is 12.7. The zero-order valence-electron chi connectivity index (χ0n) is 13.4. The first kappa shape index (κ1) is 16.4. The van der Waals surface area contributed by atoms with E-state index in [4.69, 9.17) is 18.6 Å². The Morgan fingerprint density at radius 1 is 0.958 bits per heavy atom. The van der Waals surface area contributed by atoms with Gasteiger partial charge in [-0.2, -0.15) is 0 Å². The van der Waals surface area contributed by atoms with Gasteiger partial charge in [0.15, 0.2) is 16.9 Å². The average Bonchev–Trinajstić information content (AvgIpc) is 2.60. The van der Waals surface area contributed by atoms with Crippen molar-refractivity contribution in [2.45, 2.75) is 0 Å². The fourth-order valence-electron chi connectivity index (χ4n) is 2.58. The molecule has 5 nitrogen and oxygen atoms in total. The van der Waals surface area contributed by atoms with Crippen molar-refractivity contribution in [3.8, 4) is 28.6 Å². The van der Waals surface area contributed by atoms with Crippen LogP contribution in [0.2, 0.25) is 0 Å². The third-order valence-electron chi connectivity index (χ3n) is 3.66. The molecule has 0 aliphatic carbocycles. The summed E-state index contributed by atoms with van der Waals surface area (Å²) in [4.78, 5) is 12.7. The summed E-state index contributed by atoms with van der Waals surface area (Å²) in [6, 6.07) is 10.6. The van der Waals surface area contributed by atoms with Crippen molar-refractivity contribution in [1.82, 2.24) is 0 Å². The van der Waals surface area contributed by atoms with Crippen LogP contribution in [0.15, 0.2) is 50.1 Å². The lowest BCUT2D eigenvalue weighted by Gasteiger charge is -2.14. The number of ether oxygens (including phenoxy) is 3. The minimum absolute atomic E-state index is 0.222. The molecule has 0 radical (unpaired) electrons. The molecule has 3 aromatic rings. The number of fused-ring (bicyclic) bond motifs is 1. The number of rotatable bonds is 4. The van der Waals surface area contributed by atoms with E-state index in [9.17, 15) is 4.79 Å². The fourth-order valence-corrected chi connectivity index (χ4v) is 3.06. The minimum Gasteiger partial charge on any atom is -0.493 e. The molecule has 0 fully saturated rings. The summed E-state index contributed by atoms with van der Waals surface area (Å²) in [5.41, 5.74) is 0.924. The zero-order chi connectivity index (χ0) is 17.3. The van der Waals surface area contributed by atoms with Gasteiger partial charge in [0.25, 0.3) is 0 Å². The maximum absolute atomic E-state index is 12.7. The van der Waals surface area contributed by atoms with Crippen LogP contribution in [0.25, 0.3) is 22.3 Å². The van der Waals surface area contributed by atoms with Gasteiger partial charge in [-0.3, -0.25) is 4.79 Å². The standard InChI is InChI=1S/C18H15BrO5/c1-21-15-9-14-16(18(23-3)17(15)22-2)12(20)8-13(24-14)10-6-4-5-7-11(10)19/h4-9H,1-3H3. The minimum atomic E-state index is -0.222. The van der Waals surface area contributed by atoms with Crippen LogP contribution in [-0.4, -0.2) is 21.3 Å². The lowest BCUT2D eigenvalue weighted by molar-refractivity contribution is 0.326. The highest BCUT2D eigenvalue weighted by atomic mass is 79.9. The van der Waals surface area contributed by atoms with Crippen molar-refractivity contribution in [1.29, 1.82) is 0 Å². The van der Waals surface area contributed by atoms with Gasteiger partial charge in [-0.25, -0.2) is 0 Å². The predicted octanol–water partition coefficient (Wildman–Crippen LogP) is 4.25. The summed E-state index contributed by atoms with van der Waals surface area (Å²) < 4.78 is 22.8. The Bertz CT molecular complexity index is 962. The van der Waals surface area contributed by atoms with Gasteiger partial charge in [0, 0.05) is 22.2 Å². The smallest absolute Gasteiger partial charge is 0.204 e. The summed E-state index contributed by atoms with van der Waals surface area (Å²) in [6.07, 6.45) is 0. The van der Waals surface area contributed by atoms with Crippen molar-refractivity contribution in [3.05, 3.63) is 51.1 Å². The molecule has 0 spiro atoms. The van der Waals surface area contributed by atoms with E-state index in [-0.39, 0.29) is 5.43 Å². The van der Waals surface area contributed by atoms with Crippen molar-refractivity contribution in [2.75, 3.05) is 21.3 Å². The number of hydrogen-bond donors (Lipinski definition) is 0. The van der Waals surface area contributed by atoms with E-state index in [1.807, 2.05) is 24.3 Å². The molecule has 24 heavy (non-hydrogen) atoms. The van der Waals surface area contributed by atoms with Crippen molar-refractivity contribution in [3.63, 3.8) is 0 Å². The third-order valence-corrected chi connectivity index (χ3v) is 4.35. The summed E-state index contributed by atoms with van der Waals surface area (Å²) in [5, 5.41) is 0.311. The number of halogens is 1. The molecular weight excluding hydrogens is 376 g/mol. The zero-order valence-corrected chi connectivity index (χ0v) is 15.0. The van der Waals surface area contributed by atoms with Gasteiger partial charge in [-0.15, -0.1) is 0 Å². The second-order valence-electron chi connectivity index (χ2n) is 4.97.